The molecule has 0 aliphatic heterocycles. The lowest BCUT2D eigenvalue weighted by Crippen LogP contribution is -2.37. The number of amides is 3. The lowest BCUT2D eigenvalue weighted by molar-refractivity contribution is -0.144. The van der Waals surface area contributed by atoms with Crippen molar-refractivity contribution in [3.8, 4) is 17.5 Å². The van der Waals surface area contributed by atoms with Gasteiger partial charge in [0.25, 0.3) is 5.91 Å². The summed E-state index contributed by atoms with van der Waals surface area (Å²) in [5.41, 5.74) is 7.59. The number of hydrogen-bond acceptors (Lipinski definition) is 6. The minimum Gasteiger partial charge on any atom is -0.495 e. The van der Waals surface area contributed by atoms with Crippen molar-refractivity contribution in [1.29, 1.82) is 5.26 Å². The summed E-state index contributed by atoms with van der Waals surface area (Å²) in [4.78, 5) is 34.0. The Bertz CT molecular complexity index is 1030. The van der Waals surface area contributed by atoms with Gasteiger partial charge in [-0.15, -0.1) is 0 Å². The molecule has 150 valence electrons. The average molecular weight is 396 g/mol. The van der Waals surface area contributed by atoms with E-state index in [2.05, 4.69) is 0 Å². The van der Waals surface area contributed by atoms with Gasteiger partial charge in [0.15, 0.2) is 6.61 Å². The maximum atomic E-state index is 12.1. The van der Waals surface area contributed by atoms with Crippen molar-refractivity contribution in [3.05, 3.63) is 52.9 Å². The zero-order valence-corrected chi connectivity index (χ0v) is 16.2. The van der Waals surface area contributed by atoms with Crippen LogP contribution in [0.3, 0.4) is 0 Å². The van der Waals surface area contributed by atoms with E-state index in [-0.39, 0.29) is 5.57 Å². The van der Waals surface area contributed by atoms with Gasteiger partial charge in [0.05, 0.1) is 12.8 Å². The van der Waals surface area contributed by atoms with Crippen molar-refractivity contribution in [2.45, 2.75) is 13.8 Å². The van der Waals surface area contributed by atoms with Crippen LogP contribution >= 0.6 is 0 Å². The number of carbonyl (C=O) groups excluding carboxylic acids is 3. The average Bonchev–Trinajstić information content (AvgIpc) is 2.96. The van der Waals surface area contributed by atoms with Gasteiger partial charge in [0.1, 0.15) is 17.4 Å². The van der Waals surface area contributed by atoms with Crippen molar-refractivity contribution < 1.29 is 23.9 Å². The number of nitrogens with two attached hydrogens (primary N) is 1. The third kappa shape index (κ3) is 5.01. The number of hydrogen-bond donors (Lipinski definition) is 2. The molecule has 0 aliphatic carbocycles. The Morgan fingerprint density at radius 3 is 2.59 bits per heavy atom. The highest BCUT2D eigenvalue weighted by Gasteiger charge is 2.17. The van der Waals surface area contributed by atoms with Crippen LogP contribution in [0.1, 0.15) is 17.0 Å². The van der Waals surface area contributed by atoms with E-state index < -0.39 is 24.5 Å². The number of nitrogens with one attached hydrogen (secondary N) is 1. The first-order valence-corrected chi connectivity index (χ1v) is 8.49. The van der Waals surface area contributed by atoms with Gasteiger partial charge in [-0.1, -0.05) is 12.1 Å². The Kier molecular flexibility index (Phi) is 6.76. The fraction of sp³-hybridized carbons (Fsp3) is 0.200. The molecule has 3 N–H and O–H groups in total. The molecule has 0 radical (unpaired) electrons. The predicted molar refractivity (Wildman–Crippen MR) is 104 cm³/mol. The van der Waals surface area contributed by atoms with E-state index in [0.29, 0.717) is 11.3 Å². The molecule has 3 amide bonds. The zero-order valence-electron chi connectivity index (χ0n) is 16.2. The topological polar surface area (TPSA) is 136 Å². The molecule has 29 heavy (non-hydrogen) atoms. The number of benzene rings is 1. The lowest BCUT2D eigenvalue weighted by Gasteiger charge is -2.13. The summed E-state index contributed by atoms with van der Waals surface area (Å²) in [6.07, 6.45) is 1.38. The van der Waals surface area contributed by atoms with Gasteiger partial charge in [0, 0.05) is 11.4 Å². The van der Waals surface area contributed by atoms with E-state index in [4.69, 9.17) is 15.2 Å². The van der Waals surface area contributed by atoms with Crippen LogP contribution in [0.4, 0.5) is 4.79 Å². The van der Waals surface area contributed by atoms with E-state index in [1.54, 1.807) is 18.5 Å². The minimum atomic E-state index is -1.06. The Hall–Kier alpha value is -4.06. The van der Waals surface area contributed by atoms with E-state index >= 15 is 0 Å². The molecule has 0 unspecified atom stereocenters. The molecule has 0 atom stereocenters. The monoisotopic (exact) mass is 396 g/mol. The number of ether oxygens (including phenoxy) is 2. The Balaban J connectivity index is 2.31. The number of para-hydroxylation sites is 2. The number of aryl methyl sites for hydroxylation is 1. The molecule has 0 spiro atoms. The molecule has 0 saturated heterocycles. The number of urea groups is 1. The van der Waals surface area contributed by atoms with Gasteiger partial charge >= 0.3 is 12.0 Å². The third-order valence-corrected chi connectivity index (χ3v) is 4.03. The molecule has 9 nitrogen and oxygen atoms in total. The number of nitriles is 1. The summed E-state index contributed by atoms with van der Waals surface area (Å²) in [6.45, 7) is 2.99. The number of nitrogens with zero attached hydrogens (tertiary/aromatic N) is 2. The molecular weight excluding hydrogens is 376 g/mol. The second-order valence-corrected chi connectivity index (χ2v) is 5.99. The number of aromatic nitrogens is 1. The highest BCUT2D eigenvalue weighted by atomic mass is 16.5. The largest absolute Gasteiger partial charge is 0.495 e. The molecule has 2 rings (SSSR count). The van der Waals surface area contributed by atoms with Crippen molar-refractivity contribution in [2.24, 2.45) is 5.73 Å². The molecule has 9 heteroatoms. The number of methoxy groups -OCH3 is 1. The van der Waals surface area contributed by atoms with Crippen LogP contribution in [0.15, 0.2) is 35.9 Å². The third-order valence-electron chi connectivity index (χ3n) is 4.03. The van der Waals surface area contributed by atoms with Gasteiger partial charge in [-0.05, 0) is 43.7 Å². The molecule has 0 bridgehead atoms. The quantitative estimate of drug-likeness (QED) is 0.434. The second kappa shape index (κ2) is 9.23. The number of imide groups is 1. The highest BCUT2D eigenvalue weighted by Crippen LogP contribution is 2.28. The fourth-order valence-electron chi connectivity index (χ4n) is 2.79. The molecule has 1 aromatic heterocycles. The summed E-state index contributed by atoms with van der Waals surface area (Å²) in [7, 11) is 1.58. The smallest absolute Gasteiger partial charge is 0.349 e. The fourth-order valence-corrected chi connectivity index (χ4v) is 2.79. The van der Waals surface area contributed by atoms with Crippen LogP contribution in [0.25, 0.3) is 11.8 Å². The zero-order chi connectivity index (χ0) is 21.6. The maximum Gasteiger partial charge on any atom is 0.349 e. The first-order valence-electron chi connectivity index (χ1n) is 8.49. The van der Waals surface area contributed by atoms with Gasteiger partial charge in [-0.3, -0.25) is 10.1 Å². The van der Waals surface area contributed by atoms with Gasteiger partial charge < -0.3 is 19.8 Å². The number of primary amides is 1. The predicted octanol–water partition coefficient (Wildman–Crippen LogP) is 1.75. The first kappa shape index (κ1) is 21.2. The molecular formula is C20H20N4O5. The Morgan fingerprint density at radius 1 is 1.28 bits per heavy atom. The standard InChI is InChI=1S/C20H20N4O5/c1-12-8-14(13(2)24(12)16-6-4-5-7-17(16)28-3)9-15(10-21)19(26)29-11-18(25)23-20(22)27/h4-9H,11H2,1-3H3,(H3,22,23,25,27). The van der Waals surface area contributed by atoms with Crippen LogP contribution in [0.2, 0.25) is 0 Å². The Morgan fingerprint density at radius 2 is 1.97 bits per heavy atom. The number of esters is 1. The van der Waals surface area contributed by atoms with Crippen molar-refractivity contribution in [1.82, 2.24) is 9.88 Å². The van der Waals surface area contributed by atoms with Crippen LogP contribution in [-0.4, -0.2) is 36.2 Å². The van der Waals surface area contributed by atoms with Crippen LogP contribution in [0.5, 0.6) is 5.75 Å². The van der Waals surface area contributed by atoms with Crippen molar-refractivity contribution in [2.75, 3.05) is 13.7 Å². The van der Waals surface area contributed by atoms with E-state index in [1.165, 1.54) is 6.08 Å². The van der Waals surface area contributed by atoms with Crippen LogP contribution in [0, 0.1) is 25.2 Å². The van der Waals surface area contributed by atoms with E-state index in [9.17, 15) is 19.6 Å². The SMILES string of the molecule is COc1ccccc1-n1c(C)cc(C=C(C#N)C(=O)OCC(=O)NC(N)=O)c1C. The van der Waals surface area contributed by atoms with Gasteiger partial charge in [-0.2, -0.15) is 5.26 Å². The van der Waals surface area contributed by atoms with E-state index in [1.807, 2.05) is 48.7 Å². The summed E-state index contributed by atoms with van der Waals surface area (Å²) in [5.74, 6) is -1.21. The summed E-state index contributed by atoms with van der Waals surface area (Å²) >= 11 is 0. The van der Waals surface area contributed by atoms with Crippen molar-refractivity contribution in [3.63, 3.8) is 0 Å². The van der Waals surface area contributed by atoms with Gasteiger partial charge in [0.2, 0.25) is 0 Å². The minimum absolute atomic E-state index is 0.294. The highest BCUT2D eigenvalue weighted by molar-refractivity contribution is 6.00. The Labute approximate surface area is 167 Å². The van der Waals surface area contributed by atoms with Gasteiger partial charge in [-0.25, -0.2) is 9.59 Å². The number of rotatable bonds is 6. The molecule has 1 heterocycles. The summed E-state index contributed by atoms with van der Waals surface area (Å²) in [5, 5.41) is 11.1. The van der Waals surface area contributed by atoms with Crippen LogP contribution in [-0.2, 0) is 14.3 Å². The first-order chi connectivity index (χ1) is 13.8. The molecule has 2 aromatic rings. The molecule has 0 aliphatic rings. The van der Waals surface area contributed by atoms with Crippen molar-refractivity contribution >= 4 is 24.0 Å². The molecule has 0 saturated carbocycles. The molecule has 0 fully saturated rings. The second-order valence-electron chi connectivity index (χ2n) is 5.99. The normalized spacial score (nSPS) is 10.8. The van der Waals surface area contributed by atoms with E-state index in [0.717, 1.165) is 17.1 Å². The summed E-state index contributed by atoms with van der Waals surface area (Å²) in [6, 6.07) is 9.97. The lowest BCUT2D eigenvalue weighted by atomic mass is 10.1. The number of carbonyl (C=O) groups is 3. The van der Waals surface area contributed by atoms with Crippen LogP contribution < -0.4 is 15.8 Å². The summed E-state index contributed by atoms with van der Waals surface area (Å²) < 4.78 is 12.1. The maximum absolute atomic E-state index is 12.1. The molecule has 1 aromatic carbocycles.